The fourth-order valence-corrected chi connectivity index (χ4v) is 5.23. The third kappa shape index (κ3) is 3.05. The number of amides is 3. The van der Waals surface area contributed by atoms with Crippen LogP contribution in [0.2, 0.25) is 0 Å². The second kappa shape index (κ2) is 7.24. The Balaban J connectivity index is 1.45. The molecule has 30 heavy (non-hydrogen) atoms. The van der Waals surface area contributed by atoms with Crippen LogP contribution in [0.25, 0.3) is 0 Å². The summed E-state index contributed by atoms with van der Waals surface area (Å²) in [5, 5.41) is 2.91. The third-order valence-electron chi connectivity index (χ3n) is 6.71. The minimum atomic E-state index is -0.862. The maximum atomic E-state index is 13.3. The average molecular weight is 400 g/mol. The summed E-state index contributed by atoms with van der Waals surface area (Å²) in [6.45, 7) is 1.98. The maximum Gasteiger partial charge on any atom is 0.248 e. The van der Waals surface area contributed by atoms with Crippen molar-refractivity contribution in [1.29, 1.82) is 0 Å². The lowest BCUT2D eigenvalue weighted by Gasteiger charge is -2.27. The zero-order valence-electron chi connectivity index (χ0n) is 16.8. The number of likely N-dealkylation sites (tertiary alicyclic amines) is 1. The molecule has 1 N–H and O–H groups in total. The van der Waals surface area contributed by atoms with Gasteiger partial charge in [-0.2, -0.15) is 0 Å². The molecule has 2 aliphatic carbocycles. The van der Waals surface area contributed by atoms with Crippen LogP contribution in [0.3, 0.4) is 0 Å². The van der Waals surface area contributed by atoms with E-state index in [4.69, 9.17) is 0 Å². The molecule has 1 aliphatic heterocycles. The molecule has 2 aromatic carbocycles. The molecular formula is C25H24N2O3. The van der Waals surface area contributed by atoms with Gasteiger partial charge in [-0.1, -0.05) is 60.2 Å². The molecule has 2 fully saturated rings. The van der Waals surface area contributed by atoms with E-state index in [0.29, 0.717) is 12.1 Å². The highest BCUT2D eigenvalue weighted by atomic mass is 16.2. The minimum Gasteiger partial charge on any atom is -0.324 e. The molecule has 1 saturated carbocycles. The fraction of sp³-hybridized carbons (Fsp3) is 0.320. The van der Waals surface area contributed by atoms with Crippen molar-refractivity contribution in [2.75, 3.05) is 5.32 Å². The molecule has 0 spiro atoms. The Hall–Kier alpha value is -3.21. The van der Waals surface area contributed by atoms with Crippen molar-refractivity contribution in [3.8, 4) is 0 Å². The van der Waals surface area contributed by atoms with Crippen molar-refractivity contribution in [1.82, 2.24) is 4.90 Å². The highest BCUT2D eigenvalue weighted by molar-refractivity contribution is 6.10. The number of aryl methyl sites for hydroxylation is 1. The van der Waals surface area contributed by atoms with Gasteiger partial charge in [0.2, 0.25) is 17.7 Å². The number of hydrogen-bond acceptors (Lipinski definition) is 3. The topological polar surface area (TPSA) is 66.5 Å². The lowest BCUT2D eigenvalue weighted by molar-refractivity contribution is -0.147. The molecule has 0 unspecified atom stereocenters. The summed E-state index contributed by atoms with van der Waals surface area (Å²) in [7, 11) is 0. The number of fused-ring (bicyclic) bond motifs is 5. The number of carbonyl (C=O) groups is 3. The van der Waals surface area contributed by atoms with E-state index in [1.165, 1.54) is 4.90 Å². The lowest BCUT2D eigenvalue weighted by Crippen LogP contribution is -2.49. The minimum absolute atomic E-state index is 0.124. The molecule has 3 amide bonds. The monoisotopic (exact) mass is 400 g/mol. The molecule has 0 radical (unpaired) electrons. The van der Waals surface area contributed by atoms with Crippen LogP contribution in [0.4, 0.5) is 5.69 Å². The molecule has 5 nitrogen and oxygen atoms in total. The van der Waals surface area contributed by atoms with Crippen LogP contribution >= 0.6 is 0 Å². The molecule has 152 valence electrons. The van der Waals surface area contributed by atoms with E-state index in [1.807, 2.05) is 61.5 Å². The van der Waals surface area contributed by atoms with Crippen LogP contribution < -0.4 is 5.32 Å². The van der Waals surface area contributed by atoms with Crippen LogP contribution in [-0.4, -0.2) is 28.7 Å². The lowest BCUT2D eigenvalue weighted by atomic mass is 9.85. The Bertz CT molecular complexity index is 998. The molecular weight excluding hydrogens is 376 g/mol. The standard InChI is InChI=1S/C25H24N2O3/c1-15-7-11-19(12-8-15)26-23(28)20(13-16-5-3-2-4-6-16)27-24(29)21-17-9-10-18(14-17)22(21)25(27)30/h2-12,17-18,20-22H,13-14H2,1H3,(H,26,28)/t17-,18-,20-,21+,22+/m0/s1. The SMILES string of the molecule is Cc1ccc(NC(=O)[C@H](Cc2ccccc2)N2C(=O)[C@H]3[C@H](C2=O)[C@H]2C=C[C@H]3C2)cc1. The van der Waals surface area contributed by atoms with Crippen molar-refractivity contribution >= 4 is 23.4 Å². The quantitative estimate of drug-likeness (QED) is 0.618. The number of benzene rings is 2. The Morgan fingerprint density at radius 1 is 0.967 bits per heavy atom. The smallest absolute Gasteiger partial charge is 0.248 e. The molecule has 1 saturated heterocycles. The van der Waals surface area contributed by atoms with Crippen LogP contribution in [0, 0.1) is 30.6 Å². The van der Waals surface area contributed by atoms with Crippen molar-refractivity contribution in [3.63, 3.8) is 0 Å². The highest BCUT2D eigenvalue weighted by Crippen LogP contribution is 2.53. The van der Waals surface area contributed by atoms with Crippen LogP contribution in [-0.2, 0) is 20.8 Å². The van der Waals surface area contributed by atoms with Crippen LogP contribution in [0.5, 0.6) is 0 Å². The van der Waals surface area contributed by atoms with Crippen LogP contribution in [0.15, 0.2) is 66.7 Å². The first-order chi connectivity index (χ1) is 14.5. The number of rotatable bonds is 5. The number of carbonyl (C=O) groups excluding carboxylic acids is 3. The average Bonchev–Trinajstić information content (AvgIpc) is 3.43. The molecule has 0 aromatic heterocycles. The Morgan fingerprint density at radius 3 is 2.17 bits per heavy atom. The van der Waals surface area contributed by atoms with Gasteiger partial charge in [0.15, 0.2) is 0 Å². The second-order valence-electron chi connectivity index (χ2n) is 8.61. The summed E-state index contributed by atoms with van der Waals surface area (Å²) in [5.74, 6) is -1.08. The van der Waals surface area contributed by atoms with Crippen molar-refractivity contribution in [3.05, 3.63) is 77.9 Å². The number of hydrogen-bond donors (Lipinski definition) is 1. The van der Waals surface area contributed by atoms with Gasteiger partial charge in [-0.3, -0.25) is 19.3 Å². The molecule has 5 rings (SSSR count). The van der Waals surface area contributed by atoms with Gasteiger partial charge in [0, 0.05) is 12.1 Å². The number of nitrogens with one attached hydrogen (secondary N) is 1. The first kappa shape index (κ1) is 18.8. The Morgan fingerprint density at radius 2 is 1.57 bits per heavy atom. The summed E-state index contributed by atoms with van der Waals surface area (Å²) in [4.78, 5) is 41.2. The molecule has 1 heterocycles. The number of nitrogens with zero attached hydrogens (tertiary/aromatic N) is 1. The van der Waals surface area contributed by atoms with Crippen molar-refractivity contribution in [2.24, 2.45) is 23.7 Å². The van der Waals surface area contributed by atoms with Gasteiger partial charge in [-0.25, -0.2) is 0 Å². The van der Waals surface area contributed by atoms with Gasteiger partial charge in [0.25, 0.3) is 0 Å². The maximum absolute atomic E-state index is 13.3. The van der Waals surface area contributed by atoms with Gasteiger partial charge < -0.3 is 5.32 Å². The zero-order chi connectivity index (χ0) is 20.8. The van der Waals surface area contributed by atoms with Gasteiger partial charge in [0.1, 0.15) is 6.04 Å². The summed E-state index contributed by atoms with van der Waals surface area (Å²) in [6, 6.07) is 16.2. The number of imide groups is 1. The van der Waals surface area contributed by atoms with Crippen molar-refractivity contribution < 1.29 is 14.4 Å². The van der Waals surface area contributed by atoms with E-state index in [-0.39, 0.29) is 41.4 Å². The van der Waals surface area contributed by atoms with Gasteiger partial charge in [-0.15, -0.1) is 0 Å². The van der Waals surface area contributed by atoms with Gasteiger partial charge in [-0.05, 0) is 42.9 Å². The van der Waals surface area contributed by atoms with Crippen molar-refractivity contribution in [2.45, 2.75) is 25.8 Å². The molecule has 2 aromatic rings. The zero-order valence-corrected chi connectivity index (χ0v) is 16.8. The van der Waals surface area contributed by atoms with E-state index in [0.717, 1.165) is 17.5 Å². The van der Waals surface area contributed by atoms with Gasteiger partial charge >= 0.3 is 0 Å². The number of allylic oxidation sites excluding steroid dienone is 2. The second-order valence-corrected chi connectivity index (χ2v) is 8.61. The van der Waals surface area contributed by atoms with E-state index in [2.05, 4.69) is 17.5 Å². The van der Waals surface area contributed by atoms with E-state index < -0.39 is 6.04 Å². The van der Waals surface area contributed by atoms with Crippen LogP contribution in [0.1, 0.15) is 17.5 Å². The fourth-order valence-electron chi connectivity index (χ4n) is 5.23. The first-order valence-electron chi connectivity index (χ1n) is 10.5. The molecule has 3 aliphatic rings. The number of anilines is 1. The molecule has 2 bridgehead atoms. The van der Waals surface area contributed by atoms with E-state index in [9.17, 15) is 14.4 Å². The first-order valence-corrected chi connectivity index (χ1v) is 10.5. The predicted octanol–water partition coefficient (Wildman–Crippen LogP) is 3.35. The summed E-state index contributed by atoms with van der Waals surface area (Å²) in [6.07, 6.45) is 5.32. The molecule has 5 atom stereocenters. The van der Waals surface area contributed by atoms with E-state index in [1.54, 1.807) is 0 Å². The Labute approximate surface area is 175 Å². The largest absolute Gasteiger partial charge is 0.324 e. The third-order valence-corrected chi connectivity index (χ3v) is 6.71. The Kier molecular flexibility index (Phi) is 4.54. The summed E-state index contributed by atoms with van der Waals surface area (Å²) < 4.78 is 0. The van der Waals surface area contributed by atoms with E-state index >= 15 is 0 Å². The normalized spacial score (nSPS) is 27.4. The highest BCUT2D eigenvalue weighted by Gasteiger charge is 2.61. The summed E-state index contributed by atoms with van der Waals surface area (Å²) in [5.41, 5.74) is 2.67. The predicted molar refractivity (Wildman–Crippen MR) is 113 cm³/mol. The van der Waals surface area contributed by atoms with Gasteiger partial charge in [0.05, 0.1) is 11.8 Å². The molecule has 5 heteroatoms. The summed E-state index contributed by atoms with van der Waals surface area (Å²) >= 11 is 0.